The summed E-state index contributed by atoms with van der Waals surface area (Å²) in [6, 6.07) is 11.2. The topological polar surface area (TPSA) is 51.1 Å². The minimum atomic E-state index is -4.74. The summed E-state index contributed by atoms with van der Waals surface area (Å²) >= 11 is 0. The molecule has 27 heavy (non-hydrogen) atoms. The molecule has 1 atom stereocenters. The zero-order valence-corrected chi connectivity index (χ0v) is 14.7. The van der Waals surface area contributed by atoms with Crippen LogP contribution in [0.4, 0.5) is 13.2 Å². The molecule has 1 fully saturated rings. The van der Waals surface area contributed by atoms with E-state index in [1.165, 1.54) is 6.20 Å². The fourth-order valence-electron chi connectivity index (χ4n) is 3.68. The number of hydrogen-bond donors (Lipinski definition) is 1. The van der Waals surface area contributed by atoms with Crippen LogP contribution in [0.5, 0.6) is 0 Å². The van der Waals surface area contributed by atoms with Crippen LogP contribution >= 0.6 is 0 Å². The highest BCUT2D eigenvalue weighted by atomic mass is 19.4. The third kappa shape index (κ3) is 4.59. The molecule has 1 aliphatic carbocycles. The number of aromatic nitrogens is 1. The van der Waals surface area contributed by atoms with Crippen molar-refractivity contribution < 1.29 is 18.0 Å². The van der Waals surface area contributed by atoms with E-state index >= 15 is 0 Å². The van der Waals surface area contributed by atoms with Gasteiger partial charge in [0, 0.05) is 6.20 Å². The second-order valence-electron chi connectivity index (χ2n) is 6.85. The molecule has 0 bridgehead atoms. The van der Waals surface area contributed by atoms with E-state index in [4.69, 9.17) is 0 Å². The standard InChI is InChI=1S/C20H21F3N2O2/c21-20(22,23)16-11-6-12-25(19(16)27)13-17(26)24-18(15-9-4-5-10-15)14-7-2-1-3-8-14/h1-3,6-8,11-12,15,18H,4-5,9-10,13H2,(H,24,26). The molecule has 2 aromatic rings. The predicted octanol–water partition coefficient (Wildman–Crippen LogP) is 3.91. The largest absolute Gasteiger partial charge is 0.421 e. The highest BCUT2D eigenvalue weighted by Crippen LogP contribution is 2.35. The monoisotopic (exact) mass is 378 g/mol. The average Bonchev–Trinajstić information content (AvgIpc) is 3.15. The number of benzene rings is 1. The van der Waals surface area contributed by atoms with Gasteiger partial charge in [0.05, 0.1) is 6.04 Å². The highest BCUT2D eigenvalue weighted by Gasteiger charge is 2.34. The van der Waals surface area contributed by atoms with Crippen molar-refractivity contribution >= 4 is 5.91 Å². The maximum Gasteiger partial charge on any atom is 0.421 e. The Morgan fingerprint density at radius 3 is 2.41 bits per heavy atom. The van der Waals surface area contributed by atoms with Gasteiger partial charge in [-0.05, 0) is 36.5 Å². The number of halogens is 3. The molecule has 3 rings (SSSR count). The summed E-state index contributed by atoms with van der Waals surface area (Å²) in [4.78, 5) is 24.5. The van der Waals surface area contributed by atoms with Gasteiger partial charge in [-0.2, -0.15) is 13.2 Å². The van der Waals surface area contributed by atoms with Crippen LogP contribution in [-0.2, 0) is 17.5 Å². The van der Waals surface area contributed by atoms with Gasteiger partial charge in [0.15, 0.2) is 0 Å². The average molecular weight is 378 g/mol. The molecule has 1 N–H and O–H groups in total. The Labute approximate surface area is 155 Å². The molecular formula is C20H21F3N2O2. The van der Waals surface area contributed by atoms with Gasteiger partial charge in [-0.15, -0.1) is 0 Å². The zero-order valence-electron chi connectivity index (χ0n) is 14.7. The van der Waals surface area contributed by atoms with Crippen LogP contribution in [0.3, 0.4) is 0 Å². The van der Waals surface area contributed by atoms with Gasteiger partial charge in [-0.25, -0.2) is 0 Å². The molecule has 1 amide bonds. The van der Waals surface area contributed by atoms with Gasteiger partial charge in [0.1, 0.15) is 12.1 Å². The lowest BCUT2D eigenvalue weighted by molar-refractivity contribution is -0.139. The molecule has 144 valence electrons. The molecule has 0 aliphatic heterocycles. The van der Waals surface area contributed by atoms with E-state index < -0.39 is 29.8 Å². The smallest absolute Gasteiger partial charge is 0.347 e. The Bertz CT molecular complexity index is 840. The van der Waals surface area contributed by atoms with E-state index in [1.54, 1.807) is 0 Å². The van der Waals surface area contributed by atoms with E-state index in [-0.39, 0.29) is 12.0 Å². The van der Waals surface area contributed by atoms with E-state index in [1.807, 2.05) is 30.3 Å². The molecule has 1 heterocycles. The lowest BCUT2D eigenvalue weighted by Gasteiger charge is -2.25. The van der Waals surface area contributed by atoms with Crippen LogP contribution < -0.4 is 10.9 Å². The van der Waals surface area contributed by atoms with Gasteiger partial charge in [0.2, 0.25) is 5.91 Å². The number of alkyl halides is 3. The van der Waals surface area contributed by atoms with Gasteiger partial charge in [-0.3, -0.25) is 9.59 Å². The Hall–Kier alpha value is -2.57. The van der Waals surface area contributed by atoms with Crippen molar-refractivity contribution in [3.63, 3.8) is 0 Å². The number of amides is 1. The molecular weight excluding hydrogens is 357 g/mol. The van der Waals surface area contributed by atoms with Crippen molar-refractivity contribution in [2.75, 3.05) is 0 Å². The number of rotatable bonds is 5. The quantitative estimate of drug-likeness (QED) is 0.858. The second-order valence-corrected chi connectivity index (χ2v) is 6.85. The Kier molecular flexibility index (Phi) is 5.68. The fraction of sp³-hybridized carbons (Fsp3) is 0.400. The van der Waals surface area contributed by atoms with Gasteiger partial charge in [-0.1, -0.05) is 43.2 Å². The molecule has 4 nitrogen and oxygen atoms in total. The number of nitrogens with one attached hydrogen (secondary N) is 1. The fourth-order valence-corrected chi connectivity index (χ4v) is 3.68. The number of pyridine rings is 1. The lowest BCUT2D eigenvalue weighted by Crippen LogP contribution is -2.38. The first kappa shape index (κ1) is 19.2. The van der Waals surface area contributed by atoms with Crippen molar-refractivity contribution in [3.8, 4) is 0 Å². The third-order valence-corrected chi connectivity index (χ3v) is 4.99. The summed E-state index contributed by atoms with van der Waals surface area (Å²) in [5.41, 5.74) is -1.51. The summed E-state index contributed by atoms with van der Waals surface area (Å²) in [5, 5.41) is 2.93. The van der Waals surface area contributed by atoms with Gasteiger partial charge >= 0.3 is 6.18 Å². The highest BCUT2D eigenvalue weighted by molar-refractivity contribution is 5.76. The predicted molar refractivity (Wildman–Crippen MR) is 95.0 cm³/mol. The molecule has 1 aliphatic rings. The van der Waals surface area contributed by atoms with Crippen LogP contribution in [0.1, 0.15) is 42.9 Å². The number of carbonyl (C=O) groups excluding carboxylic acids is 1. The van der Waals surface area contributed by atoms with E-state index in [2.05, 4.69) is 5.32 Å². The summed E-state index contributed by atoms with van der Waals surface area (Å²) in [6.07, 6.45) is 0.623. The van der Waals surface area contributed by atoms with Crippen LogP contribution in [0.15, 0.2) is 53.5 Å². The number of carbonyl (C=O) groups is 1. The minimum Gasteiger partial charge on any atom is -0.347 e. The molecule has 0 saturated heterocycles. The Morgan fingerprint density at radius 2 is 1.78 bits per heavy atom. The van der Waals surface area contributed by atoms with Crippen LogP contribution in [0.2, 0.25) is 0 Å². The van der Waals surface area contributed by atoms with E-state index in [0.717, 1.165) is 47.9 Å². The van der Waals surface area contributed by atoms with Crippen molar-refractivity contribution in [3.05, 3.63) is 70.1 Å². The van der Waals surface area contributed by atoms with Crippen molar-refractivity contribution in [2.24, 2.45) is 5.92 Å². The van der Waals surface area contributed by atoms with Crippen LogP contribution in [-0.4, -0.2) is 10.5 Å². The van der Waals surface area contributed by atoms with Crippen molar-refractivity contribution in [2.45, 2.75) is 44.4 Å². The van der Waals surface area contributed by atoms with Gasteiger partial charge < -0.3 is 9.88 Å². The van der Waals surface area contributed by atoms with Crippen molar-refractivity contribution in [1.82, 2.24) is 9.88 Å². The summed E-state index contributed by atoms with van der Waals surface area (Å²) in [5.74, 6) is -0.188. The minimum absolute atomic E-state index is 0.206. The molecule has 0 radical (unpaired) electrons. The first-order valence-electron chi connectivity index (χ1n) is 8.97. The summed E-state index contributed by atoms with van der Waals surface area (Å²) in [7, 11) is 0. The van der Waals surface area contributed by atoms with E-state index in [9.17, 15) is 22.8 Å². The zero-order chi connectivity index (χ0) is 19.4. The molecule has 1 aromatic carbocycles. The summed E-state index contributed by atoms with van der Waals surface area (Å²) < 4.78 is 39.5. The molecule has 7 heteroatoms. The Balaban J connectivity index is 1.78. The number of nitrogens with zero attached hydrogens (tertiary/aromatic N) is 1. The van der Waals surface area contributed by atoms with Crippen LogP contribution in [0, 0.1) is 5.92 Å². The first-order valence-corrected chi connectivity index (χ1v) is 8.97. The van der Waals surface area contributed by atoms with Gasteiger partial charge in [0.25, 0.3) is 5.56 Å². The second kappa shape index (κ2) is 7.98. The first-order chi connectivity index (χ1) is 12.9. The maximum absolute atomic E-state index is 12.9. The molecule has 1 aromatic heterocycles. The summed E-state index contributed by atoms with van der Waals surface area (Å²) in [6.45, 7) is -0.446. The molecule has 1 unspecified atom stereocenters. The van der Waals surface area contributed by atoms with Crippen LogP contribution in [0.25, 0.3) is 0 Å². The van der Waals surface area contributed by atoms with Crippen molar-refractivity contribution in [1.29, 1.82) is 0 Å². The normalized spacial score (nSPS) is 16.3. The maximum atomic E-state index is 12.9. The van der Waals surface area contributed by atoms with E-state index in [0.29, 0.717) is 0 Å². The lowest BCUT2D eigenvalue weighted by atomic mass is 9.91. The third-order valence-electron chi connectivity index (χ3n) is 4.99. The Morgan fingerprint density at radius 1 is 1.11 bits per heavy atom. The number of hydrogen-bond acceptors (Lipinski definition) is 2. The SMILES string of the molecule is O=C(Cn1cccc(C(F)(F)F)c1=O)NC(c1ccccc1)C1CCCC1. The molecule has 0 spiro atoms. The molecule has 1 saturated carbocycles.